The zero-order valence-electron chi connectivity index (χ0n) is 17.5. The van der Waals surface area contributed by atoms with E-state index in [0.717, 1.165) is 23.5 Å². The van der Waals surface area contributed by atoms with E-state index >= 15 is 0 Å². The topological polar surface area (TPSA) is 76.4 Å². The van der Waals surface area contributed by atoms with Crippen LogP contribution in [0.4, 0.5) is 19.0 Å². The fourth-order valence-electron chi connectivity index (χ4n) is 3.58. The Morgan fingerprint density at radius 3 is 2.09 bits per heavy atom. The largest absolute Gasteiger partial charge is 0.573 e. The molecule has 0 radical (unpaired) electrons. The molecule has 2 aromatic heterocycles. The first-order valence-corrected chi connectivity index (χ1v) is 9.97. The van der Waals surface area contributed by atoms with Crippen molar-refractivity contribution in [3.05, 3.63) is 59.4 Å². The molecule has 1 aliphatic rings. The molecule has 0 N–H and O–H groups in total. The summed E-state index contributed by atoms with van der Waals surface area (Å²) in [5, 5.41) is 13.0. The summed E-state index contributed by atoms with van der Waals surface area (Å²) in [6, 6.07) is 10.6. The minimum absolute atomic E-state index is 0.242. The molecule has 4 rings (SSSR count). The van der Waals surface area contributed by atoms with Gasteiger partial charge in [-0.05, 0) is 56.3 Å². The number of piperazine rings is 1. The number of benzene rings is 1. The van der Waals surface area contributed by atoms with Gasteiger partial charge in [-0.15, -0.1) is 23.4 Å². The minimum atomic E-state index is -4.76. The predicted octanol–water partition coefficient (Wildman–Crippen LogP) is 3.14. The summed E-state index contributed by atoms with van der Waals surface area (Å²) in [7, 11) is 0. The number of hydrogen-bond donors (Lipinski definition) is 0. The smallest absolute Gasteiger partial charge is 0.406 e. The van der Waals surface area contributed by atoms with Crippen molar-refractivity contribution in [1.29, 1.82) is 0 Å². The van der Waals surface area contributed by atoms with E-state index < -0.39 is 6.36 Å². The summed E-state index contributed by atoms with van der Waals surface area (Å²) in [5.41, 5.74) is 2.17. The molecule has 0 spiro atoms. The Morgan fingerprint density at radius 1 is 0.938 bits per heavy atom. The Kier molecular flexibility index (Phi) is 5.72. The number of carbonyl (C=O) groups is 1. The van der Waals surface area contributed by atoms with E-state index in [-0.39, 0.29) is 11.7 Å². The lowest BCUT2D eigenvalue weighted by atomic mass is 10.1. The van der Waals surface area contributed by atoms with Gasteiger partial charge in [0.2, 0.25) is 0 Å². The average Bonchev–Trinajstić information content (AvgIpc) is 3.11. The van der Waals surface area contributed by atoms with Gasteiger partial charge in [0.1, 0.15) is 5.75 Å². The van der Waals surface area contributed by atoms with Gasteiger partial charge in [0.15, 0.2) is 11.6 Å². The molecule has 0 bridgehead atoms. The molecule has 1 saturated heterocycles. The molecule has 0 aliphatic carbocycles. The number of hydrogen-bond acceptors (Lipinski definition) is 6. The first-order valence-electron chi connectivity index (χ1n) is 9.97. The van der Waals surface area contributed by atoms with Crippen LogP contribution in [0, 0.1) is 13.8 Å². The molecular weight excluding hydrogens is 425 g/mol. The van der Waals surface area contributed by atoms with Crippen molar-refractivity contribution >= 4 is 11.7 Å². The lowest BCUT2D eigenvalue weighted by molar-refractivity contribution is -0.274. The summed E-state index contributed by atoms with van der Waals surface area (Å²) in [6.07, 6.45) is -4.76. The van der Waals surface area contributed by atoms with Gasteiger partial charge in [0.05, 0.1) is 5.69 Å². The Labute approximate surface area is 182 Å². The fourth-order valence-corrected chi connectivity index (χ4v) is 3.58. The predicted molar refractivity (Wildman–Crippen MR) is 110 cm³/mol. The summed E-state index contributed by atoms with van der Waals surface area (Å²) < 4.78 is 42.4. The lowest BCUT2D eigenvalue weighted by Crippen LogP contribution is -2.49. The van der Waals surface area contributed by atoms with Crippen LogP contribution in [0.3, 0.4) is 0 Å². The van der Waals surface area contributed by atoms with Crippen LogP contribution in [0.5, 0.6) is 5.75 Å². The third-order valence-corrected chi connectivity index (χ3v) is 5.09. The Hall–Kier alpha value is -3.63. The minimum Gasteiger partial charge on any atom is -0.406 e. The van der Waals surface area contributed by atoms with Gasteiger partial charge in [-0.3, -0.25) is 4.79 Å². The molecule has 1 amide bonds. The van der Waals surface area contributed by atoms with Gasteiger partial charge in [-0.1, -0.05) is 0 Å². The summed E-state index contributed by atoms with van der Waals surface area (Å²) >= 11 is 0. The molecule has 0 atom stereocenters. The van der Waals surface area contributed by atoms with E-state index in [0.29, 0.717) is 43.4 Å². The number of nitrogens with zero attached hydrogens (tertiary/aromatic N) is 6. The maximum Gasteiger partial charge on any atom is 0.573 e. The first kappa shape index (κ1) is 21.6. The number of halogens is 3. The van der Waals surface area contributed by atoms with E-state index in [1.54, 1.807) is 9.58 Å². The molecule has 11 heteroatoms. The quantitative estimate of drug-likeness (QED) is 0.613. The number of anilines is 1. The van der Waals surface area contributed by atoms with Crippen LogP contribution in [0.2, 0.25) is 0 Å². The van der Waals surface area contributed by atoms with Crippen LogP contribution in [-0.2, 0) is 0 Å². The van der Waals surface area contributed by atoms with Crippen LogP contribution >= 0.6 is 0 Å². The van der Waals surface area contributed by atoms with E-state index in [4.69, 9.17) is 0 Å². The van der Waals surface area contributed by atoms with Gasteiger partial charge >= 0.3 is 6.36 Å². The van der Waals surface area contributed by atoms with Gasteiger partial charge in [-0.2, -0.15) is 5.10 Å². The zero-order valence-corrected chi connectivity index (χ0v) is 17.5. The summed E-state index contributed by atoms with van der Waals surface area (Å²) in [4.78, 5) is 16.4. The van der Waals surface area contributed by atoms with Crippen LogP contribution < -0.4 is 9.64 Å². The second-order valence-corrected chi connectivity index (χ2v) is 7.44. The first-order chi connectivity index (χ1) is 15.2. The molecule has 8 nitrogen and oxygen atoms in total. The Bertz CT molecular complexity index is 1090. The van der Waals surface area contributed by atoms with Crippen LogP contribution in [0.1, 0.15) is 21.7 Å². The summed E-state index contributed by atoms with van der Waals surface area (Å²) in [5.74, 6) is 0.734. The Morgan fingerprint density at radius 2 is 1.56 bits per heavy atom. The molecule has 1 aliphatic heterocycles. The average molecular weight is 446 g/mol. The van der Waals surface area contributed by atoms with Crippen molar-refractivity contribution < 1.29 is 22.7 Å². The van der Waals surface area contributed by atoms with Crippen LogP contribution in [-0.4, -0.2) is 63.3 Å². The van der Waals surface area contributed by atoms with Crippen LogP contribution in [0.25, 0.3) is 5.82 Å². The molecule has 3 aromatic rings. The maximum absolute atomic E-state index is 12.7. The molecular formula is C21H21F3N6O2. The lowest BCUT2D eigenvalue weighted by Gasteiger charge is -2.35. The summed E-state index contributed by atoms with van der Waals surface area (Å²) in [6.45, 7) is 5.91. The van der Waals surface area contributed by atoms with Crippen molar-refractivity contribution in [3.63, 3.8) is 0 Å². The number of aromatic nitrogens is 4. The van der Waals surface area contributed by atoms with Crippen molar-refractivity contribution in [3.8, 4) is 11.6 Å². The van der Waals surface area contributed by atoms with Crippen molar-refractivity contribution in [2.45, 2.75) is 20.2 Å². The molecule has 1 aromatic carbocycles. The highest BCUT2D eigenvalue weighted by atomic mass is 19.4. The number of alkyl halides is 3. The van der Waals surface area contributed by atoms with Gasteiger partial charge in [0.25, 0.3) is 5.91 Å². The second-order valence-electron chi connectivity index (χ2n) is 7.44. The van der Waals surface area contributed by atoms with E-state index in [1.165, 1.54) is 12.1 Å². The molecule has 1 fully saturated rings. The van der Waals surface area contributed by atoms with E-state index in [2.05, 4.69) is 20.0 Å². The SMILES string of the molecule is Cc1cc(C)n(-c2ccc(N3CCN(C(=O)c4ccc(OC(F)(F)F)cc4)CC3)nn2)n1. The van der Waals surface area contributed by atoms with Gasteiger partial charge < -0.3 is 14.5 Å². The van der Waals surface area contributed by atoms with E-state index in [9.17, 15) is 18.0 Å². The maximum atomic E-state index is 12.7. The van der Waals surface area contributed by atoms with Gasteiger partial charge in [-0.25, -0.2) is 4.68 Å². The highest BCUT2D eigenvalue weighted by Crippen LogP contribution is 2.23. The second kappa shape index (κ2) is 8.48. The normalized spacial score (nSPS) is 14.5. The van der Waals surface area contributed by atoms with Crippen molar-refractivity contribution in [1.82, 2.24) is 24.9 Å². The van der Waals surface area contributed by atoms with Crippen molar-refractivity contribution in [2.75, 3.05) is 31.1 Å². The van der Waals surface area contributed by atoms with Gasteiger partial charge in [0, 0.05) is 37.4 Å². The number of amides is 1. The third kappa shape index (κ3) is 4.82. The standard InChI is InChI=1S/C21H21F3N6O2/c1-14-13-15(2)30(27-14)19-8-7-18(25-26-19)28-9-11-29(12-10-28)20(31)16-3-5-17(6-4-16)32-21(22,23)24/h3-8,13H,9-12H2,1-2H3. The monoisotopic (exact) mass is 446 g/mol. The number of rotatable bonds is 4. The molecule has 0 unspecified atom stereocenters. The number of carbonyl (C=O) groups excluding carboxylic acids is 1. The van der Waals surface area contributed by atoms with E-state index in [1.807, 2.05) is 36.9 Å². The number of ether oxygens (including phenoxy) is 1. The van der Waals surface area contributed by atoms with Crippen molar-refractivity contribution in [2.24, 2.45) is 0 Å². The Balaban J connectivity index is 1.35. The number of aryl methyl sites for hydroxylation is 2. The zero-order chi connectivity index (χ0) is 22.9. The molecule has 3 heterocycles. The molecule has 168 valence electrons. The molecule has 32 heavy (non-hydrogen) atoms. The fraction of sp³-hybridized carbons (Fsp3) is 0.333. The highest BCUT2D eigenvalue weighted by molar-refractivity contribution is 5.94. The highest BCUT2D eigenvalue weighted by Gasteiger charge is 2.31. The third-order valence-electron chi connectivity index (χ3n) is 5.09. The van der Waals surface area contributed by atoms with Crippen LogP contribution in [0.15, 0.2) is 42.5 Å². The molecule has 0 saturated carbocycles.